The van der Waals surface area contributed by atoms with E-state index in [4.69, 9.17) is 9.72 Å². The van der Waals surface area contributed by atoms with Gasteiger partial charge in [0.15, 0.2) is 0 Å². The Morgan fingerprint density at radius 3 is 2.74 bits per heavy atom. The van der Waals surface area contributed by atoms with Crippen LogP contribution in [0.25, 0.3) is 11.3 Å². The predicted molar refractivity (Wildman–Crippen MR) is 134 cm³/mol. The number of morpholine rings is 1. The Balaban J connectivity index is 1.60. The molecule has 2 atom stereocenters. The summed E-state index contributed by atoms with van der Waals surface area (Å²) in [6.45, 7) is 10.7. The summed E-state index contributed by atoms with van der Waals surface area (Å²) in [6.07, 6.45) is 1.65. The number of nitrogens with one attached hydrogen (secondary N) is 2. The first kappa shape index (κ1) is 24.2. The standard InChI is InChI=1S/C25H36N6O3/c1-4-19-7-8-31(16-19)25(33)27-20-6-5-17(2)21(13-20)22-14-23(30-9-11-34-12-10-30)29-24(28-22)26-15-18(3)32/h5-6,13-14,18-19,32H,4,7-12,15-16H2,1-3H3,(H,27,33)(H,26,28,29)/t18-,19-/m1/s1. The molecule has 3 N–H and O–H groups in total. The lowest BCUT2D eigenvalue weighted by Crippen LogP contribution is -2.37. The van der Waals surface area contributed by atoms with Gasteiger partial charge in [-0.25, -0.2) is 9.78 Å². The Labute approximate surface area is 201 Å². The average molecular weight is 469 g/mol. The third kappa shape index (κ3) is 5.95. The number of aliphatic hydroxyl groups is 1. The number of aryl methyl sites for hydroxylation is 1. The highest BCUT2D eigenvalue weighted by Gasteiger charge is 2.25. The number of urea groups is 1. The summed E-state index contributed by atoms with van der Waals surface area (Å²) in [5.74, 6) is 1.88. The predicted octanol–water partition coefficient (Wildman–Crippen LogP) is 3.35. The Hall–Kier alpha value is -2.91. The molecular formula is C25H36N6O3. The number of rotatable bonds is 7. The van der Waals surface area contributed by atoms with Gasteiger partial charge in [0.05, 0.1) is 25.0 Å². The highest BCUT2D eigenvalue weighted by atomic mass is 16.5. The van der Waals surface area contributed by atoms with E-state index in [0.717, 1.165) is 67.3 Å². The van der Waals surface area contributed by atoms with Crippen LogP contribution in [0.3, 0.4) is 0 Å². The smallest absolute Gasteiger partial charge is 0.321 e. The van der Waals surface area contributed by atoms with Crippen LogP contribution >= 0.6 is 0 Å². The second kappa shape index (κ2) is 11.0. The first-order valence-corrected chi connectivity index (χ1v) is 12.2. The Bertz CT molecular complexity index is 993. The molecule has 9 nitrogen and oxygen atoms in total. The first-order chi connectivity index (χ1) is 16.4. The van der Waals surface area contributed by atoms with Gasteiger partial charge in [0.2, 0.25) is 5.95 Å². The van der Waals surface area contributed by atoms with Crippen LogP contribution in [0.15, 0.2) is 24.3 Å². The molecular weight excluding hydrogens is 432 g/mol. The van der Waals surface area contributed by atoms with Crippen molar-refractivity contribution >= 4 is 23.5 Å². The molecule has 184 valence electrons. The molecule has 3 heterocycles. The topological polar surface area (TPSA) is 103 Å². The van der Waals surface area contributed by atoms with E-state index in [0.29, 0.717) is 31.6 Å². The molecule has 2 aliphatic rings. The van der Waals surface area contributed by atoms with E-state index in [9.17, 15) is 9.90 Å². The zero-order valence-corrected chi connectivity index (χ0v) is 20.4. The number of aliphatic hydroxyl groups excluding tert-OH is 1. The third-order valence-corrected chi connectivity index (χ3v) is 6.52. The van der Waals surface area contributed by atoms with Crippen molar-refractivity contribution in [1.29, 1.82) is 0 Å². The molecule has 2 amide bonds. The van der Waals surface area contributed by atoms with E-state index in [-0.39, 0.29) is 6.03 Å². The molecule has 0 saturated carbocycles. The molecule has 1 aromatic heterocycles. The summed E-state index contributed by atoms with van der Waals surface area (Å²) < 4.78 is 5.50. The summed E-state index contributed by atoms with van der Waals surface area (Å²) in [5, 5.41) is 15.9. The van der Waals surface area contributed by atoms with Crippen molar-refractivity contribution in [3.05, 3.63) is 29.8 Å². The largest absolute Gasteiger partial charge is 0.392 e. The summed E-state index contributed by atoms with van der Waals surface area (Å²) >= 11 is 0. The van der Waals surface area contributed by atoms with Crippen molar-refractivity contribution in [2.24, 2.45) is 5.92 Å². The van der Waals surface area contributed by atoms with Gasteiger partial charge in [0.25, 0.3) is 0 Å². The lowest BCUT2D eigenvalue weighted by Gasteiger charge is -2.28. The zero-order chi connectivity index (χ0) is 24.1. The minimum Gasteiger partial charge on any atom is -0.392 e. The van der Waals surface area contributed by atoms with Gasteiger partial charge in [-0.2, -0.15) is 4.98 Å². The Morgan fingerprint density at radius 2 is 2.03 bits per heavy atom. The number of hydrogen-bond acceptors (Lipinski definition) is 7. The number of hydrogen-bond donors (Lipinski definition) is 3. The number of anilines is 3. The van der Waals surface area contributed by atoms with Crippen molar-refractivity contribution < 1.29 is 14.6 Å². The minimum atomic E-state index is -0.516. The summed E-state index contributed by atoms with van der Waals surface area (Å²) in [7, 11) is 0. The van der Waals surface area contributed by atoms with Gasteiger partial charge >= 0.3 is 6.03 Å². The van der Waals surface area contributed by atoms with E-state index in [1.165, 1.54) is 0 Å². The highest BCUT2D eigenvalue weighted by Crippen LogP contribution is 2.29. The van der Waals surface area contributed by atoms with E-state index in [1.54, 1.807) is 6.92 Å². The first-order valence-electron chi connectivity index (χ1n) is 12.2. The SMILES string of the molecule is CC[C@@H]1CCN(C(=O)Nc2ccc(C)c(-c3cc(N4CCOCC4)nc(NC[C@@H](C)O)n3)c2)C1. The van der Waals surface area contributed by atoms with Crippen molar-refractivity contribution in [2.75, 3.05) is 61.5 Å². The lowest BCUT2D eigenvalue weighted by atomic mass is 10.0. The van der Waals surface area contributed by atoms with Crippen LogP contribution in [0.1, 0.15) is 32.3 Å². The maximum atomic E-state index is 12.8. The molecule has 1 aromatic carbocycles. The number of carbonyl (C=O) groups excluding carboxylic acids is 1. The van der Waals surface area contributed by atoms with Gasteiger partial charge in [-0.15, -0.1) is 0 Å². The third-order valence-electron chi connectivity index (χ3n) is 6.52. The molecule has 0 aliphatic carbocycles. The van der Waals surface area contributed by atoms with Crippen molar-refractivity contribution in [2.45, 2.75) is 39.7 Å². The van der Waals surface area contributed by atoms with Crippen LogP contribution in [-0.2, 0) is 4.74 Å². The van der Waals surface area contributed by atoms with Gasteiger partial charge < -0.3 is 30.3 Å². The number of carbonyl (C=O) groups is 1. The van der Waals surface area contributed by atoms with Gasteiger partial charge in [0, 0.05) is 50.0 Å². The number of amides is 2. The van der Waals surface area contributed by atoms with Crippen LogP contribution in [0.4, 0.5) is 22.2 Å². The summed E-state index contributed by atoms with van der Waals surface area (Å²) in [5.41, 5.74) is 3.50. The van der Waals surface area contributed by atoms with Crippen LogP contribution < -0.4 is 15.5 Å². The summed E-state index contributed by atoms with van der Waals surface area (Å²) in [6, 6.07) is 7.84. The second-order valence-electron chi connectivity index (χ2n) is 9.23. The van der Waals surface area contributed by atoms with Crippen LogP contribution in [0.2, 0.25) is 0 Å². The van der Waals surface area contributed by atoms with Gasteiger partial charge in [-0.05, 0) is 43.9 Å². The Kier molecular flexibility index (Phi) is 7.84. The fourth-order valence-corrected chi connectivity index (χ4v) is 4.37. The molecule has 0 bridgehead atoms. The lowest BCUT2D eigenvalue weighted by molar-refractivity contribution is 0.122. The molecule has 2 saturated heterocycles. The molecule has 2 aliphatic heterocycles. The number of nitrogens with zero attached hydrogens (tertiary/aromatic N) is 4. The molecule has 9 heteroatoms. The van der Waals surface area contributed by atoms with Crippen molar-refractivity contribution in [3.63, 3.8) is 0 Å². The maximum Gasteiger partial charge on any atom is 0.321 e. The number of ether oxygens (including phenoxy) is 1. The van der Waals surface area contributed by atoms with Crippen molar-refractivity contribution in [3.8, 4) is 11.3 Å². The fourth-order valence-electron chi connectivity index (χ4n) is 4.37. The molecule has 4 rings (SSSR count). The molecule has 2 aromatic rings. The van der Waals surface area contributed by atoms with Crippen molar-refractivity contribution in [1.82, 2.24) is 14.9 Å². The van der Waals surface area contributed by atoms with E-state index < -0.39 is 6.10 Å². The molecule has 2 fully saturated rings. The van der Waals surface area contributed by atoms with Crippen LogP contribution in [-0.4, -0.2) is 78.0 Å². The maximum absolute atomic E-state index is 12.8. The monoisotopic (exact) mass is 468 g/mol. The molecule has 0 unspecified atom stereocenters. The second-order valence-corrected chi connectivity index (χ2v) is 9.23. The fraction of sp³-hybridized carbons (Fsp3) is 0.560. The quantitative estimate of drug-likeness (QED) is 0.573. The normalized spacial score (nSPS) is 19.2. The Morgan fingerprint density at radius 1 is 1.24 bits per heavy atom. The van der Waals surface area contributed by atoms with E-state index >= 15 is 0 Å². The van der Waals surface area contributed by atoms with Gasteiger partial charge in [-0.1, -0.05) is 19.4 Å². The van der Waals surface area contributed by atoms with E-state index in [1.807, 2.05) is 36.1 Å². The van der Waals surface area contributed by atoms with Gasteiger partial charge in [-0.3, -0.25) is 0 Å². The number of aromatic nitrogens is 2. The molecule has 0 spiro atoms. The highest BCUT2D eigenvalue weighted by molar-refractivity contribution is 5.90. The minimum absolute atomic E-state index is 0.0539. The molecule has 34 heavy (non-hydrogen) atoms. The summed E-state index contributed by atoms with van der Waals surface area (Å²) in [4.78, 5) is 26.3. The van der Waals surface area contributed by atoms with Crippen LogP contribution in [0.5, 0.6) is 0 Å². The number of benzene rings is 1. The average Bonchev–Trinajstić information content (AvgIpc) is 3.34. The number of likely N-dealkylation sites (tertiary alicyclic amines) is 1. The van der Waals surface area contributed by atoms with E-state index in [2.05, 4.69) is 27.4 Å². The van der Waals surface area contributed by atoms with Crippen LogP contribution in [0, 0.1) is 12.8 Å². The molecule has 0 radical (unpaired) electrons. The zero-order valence-electron chi connectivity index (χ0n) is 20.4. The van der Waals surface area contributed by atoms with Gasteiger partial charge in [0.1, 0.15) is 5.82 Å².